The molecule has 0 saturated heterocycles. The summed E-state index contributed by atoms with van der Waals surface area (Å²) in [5.74, 6) is -3.59. The van der Waals surface area contributed by atoms with Gasteiger partial charge in [0.2, 0.25) is 10.0 Å². The number of nitrogens with one attached hydrogen (secondary N) is 1. The number of pyridine rings is 4. The monoisotopic (exact) mass is 1530 g/mol. The lowest BCUT2D eigenvalue weighted by molar-refractivity contribution is -0.149. The molecule has 12 aromatic rings. The van der Waals surface area contributed by atoms with Gasteiger partial charge < -0.3 is 31.4 Å². The van der Waals surface area contributed by atoms with Crippen LogP contribution in [-0.2, 0) is 41.7 Å². The molecule has 7 aromatic heterocycles. The lowest BCUT2D eigenvalue weighted by Crippen LogP contribution is -2.22. The quantitative estimate of drug-likeness (QED) is 0.0225. The van der Waals surface area contributed by atoms with Crippen molar-refractivity contribution < 1.29 is 57.7 Å². The van der Waals surface area contributed by atoms with E-state index in [1.807, 2.05) is 173 Å². The zero-order valence-electron chi connectivity index (χ0n) is 60.2. The molecule has 554 valence electrons. The van der Waals surface area contributed by atoms with Gasteiger partial charge in [-0.3, -0.25) is 48.7 Å². The van der Waals surface area contributed by atoms with Crippen molar-refractivity contribution in [1.29, 1.82) is 0 Å². The van der Waals surface area contributed by atoms with Gasteiger partial charge >= 0.3 is 23.2 Å². The van der Waals surface area contributed by atoms with Crippen LogP contribution in [0.2, 0.25) is 0 Å². The van der Waals surface area contributed by atoms with Crippen molar-refractivity contribution in [3.05, 3.63) is 291 Å². The summed E-state index contributed by atoms with van der Waals surface area (Å²) >= 11 is 8.61. The Labute approximate surface area is 642 Å². The molecule has 0 saturated carbocycles. The number of esters is 2. The number of ketones is 4. The number of aromatic nitrogens is 7. The zero-order chi connectivity index (χ0) is 78.3. The number of carbonyl (C=O) groups excluding carboxylic acids is 8. The minimum atomic E-state index is -1.08. The lowest BCUT2D eigenvalue weighted by Gasteiger charge is -2.09. The smallest absolute Gasteiger partial charge is 0.391 e. The van der Waals surface area contributed by atoms with Crippen LogP contribution in [0.1, 0.15) is 117 Å². The van der Waals surface area contributed by atoms with E-state index in [1.165, 1.54) is 40.9 Å². The number of nitrogens with two attached hydrogens (primary N) is 2. The minimum absolute atomic E-state index is 0.00304. The summed E-state index contributed by atoms with van der Waals surface area (Å²) in [4.78, 5) is 131. The van der Waals surface area contributed by atoms with Crippen molar-refractivity contribution in [3.63, 3.8) is 0 Å². The summed E-state index contributed by atoms with van der Waals surface area (Å²) < 4.78 is 9.07. The fraction of sp³-hybridized carbons (Fsp3) is 0.171. The van der Waals surface area contributed by atoms with Gasteiger partial charge in [-0.25, -0.2) is 29.3 Å². The summed E-state index contributed by atoms with van der Waals surface area (Å²) in [6.07, 6.45) is 12.4. The topological polar surface area (TPSA) is 347 Å². The van der Waals surface area contributed by atoms with E-state index in [0.29, 0.717) is 40.8 Å². The molecule has 7 heterocycles. The maximum Gasteiger partial charge on any atom is 0.391 e. The van der Waals surface area contributed by atoms with Crippen molar-refractivity contribution in [2.45, 2.75) is 74.4 Å². The number of ether oxygens (including phenoxy) is 2. The highest BCUT2D eigenvalue weighted by atomic mass is 35.5. The van der Waals surface area contributed by atoms with Gasteiger partial charge in [-0.05, 0) is 116 Å². The van der Waals surface area contributed by atoms with E-state index in [2.05, 4.69) is 64.0 Å². The largest absolute Gasteiger partial charge is 0.476 e. The molecule has 0 radical (unpaired) electrons. The Morgan fingerprint density at radius 1 is 0.463 bits per heavy atom. The van der Waals surface area contributed by atoms with Gasteiger partial charge in [-0.2, -0.15) is 0 Å². The molecule has 0 unspecified atom stereocenters. The molecule has 26 heteroatoms. The fourth-order valence-corrected chi connectivity index (χ4v) is 11.8. The summed E-state index contributed by atoms with van der Waals surface area (Å²) in [5.41, 5.74) is 25.4. The van der Waals surface area contributed by atoms with Crippen molar-refractivity contribution in [1.82, 2.24) is 40.2 Å². The van der Waals surface area contributed by atoms with E-state index in [1.54, 1.807) is 81.2 Å². The van der Waals surface area contributed by atoms with Crippen molar-refractivity contribution in [2.75, 3.05) is 19.8 Å². The molecule has 108 heavy (non-hydrogen) atoms. The number of Topliss-reactive ketones (excluding diaryl/α,β-unsaturated/α-hetero) is 4. The highest BCUT2D eigenvalue weighted by Gasteiger charge is 2.17. The third-order valence-corrected chi connectivity index (χ3v) is 17.9. The third-order valence-electron chi connectivity index (χ3n) is 14.6. The number of thiazole rings is 3. The second-order valence-electron chi connectivity index (χ2n) is 22.7. The van der Waals surface area contributed by atoms with Gasteiger partial charge in [-0.1, -0.05) is 164 Å². The van der Waals surface area contributed by atoms with Gasteiger partial charge in [0.15, 0.2) is 28.1 Å². The number of amides is 1. The molecule has 0 aliphatic carbocycles. The molecule has 0 fully saturated rings. The number of carbonyl (C=O) groups is 9. The molecule has 1 amide bonds. The Hall–Kier alpha value is -12.0. The molecule has 0 atom stereocenters. The first-order chi connectivity index (χ1) is 52.0. The Bertz CT molecular complexity index is 4930. The number of rotatable bonds is 21. The third kappa shape index (κ3) is 28.5. The second kappa shape index (κ2) is 45.4. The molecular weight excluding hydrogens is 1450 g/mol. The normalized spacial score (nSPS) is 10.0. The van der Waals surface area contributed by atoms with Gasteiger partial charge in [0.25, 0.3) is 5.91 Å². The first-order valence-corrected chi connectivity index (χ1v) is 36.3. The van der Waals surface area contributed by atoms with Crippen LogP contribution in [0.15, 0.2) is 231 Å². The van der Waals surface area contributed by atoms with E-state index in [-0.39, 0.29) is 54.4 Å². The number of carboxylic acid groups (broad SMARTS) is 1. The summed E-state index contributed by atoms with van der Waals surface area (Å²) in [6, 6.07) is 59.3. The average Bonchev–Trinajstić information content (AvgIpc) is 1.51. The fourth-order valence-electron chi connectivity index (χ4n) is 9.34. The highest BCUT2D eigenvalue weighted by molar-refractivity contribution is 7.17. The van der Waals surface area contributed by atoms with Crippen LogP contribution in [0.3, 0.4) is 0 Å². The number of nitrogens with zero attached hydrogens (tertiary/aromatic N) is 7. The van der Waals surface area contributed by atoms with Gasteiger partial charge in [0.1, 0.15) is 0 Å². The van der Waals surface area contributed by atoms with Crippen LogP contribution in [0.4, 0.5) is 0 Å². The number of hydrogen-bond acceptors (Lipinski definition) is 23. The molecule has 12 rings (SSSR count). The van der Waals surface area contributed by atoms with E-state index in [9.17, 15) is 43.2 Å². The number of halogens is 1. The average molecular weight is 1530 g/mol. The maximum absolute atomic E-state index is 12.5. The predicted molar refractivity (Wildman–Crippen MR) is 422 cm³/mol. The minimum Gasteiger partial charge on any atom is -0.476 e. The van der Waals surface area contributed by atoms with Gasteiger partial charge in [0, 0.05) is 110 Å². The van der Waals surface area contributed by atoms with Gasteiger partial charge in [-0.15, -0.1) is 34.0 Å². The molecule has 0 aliphatic rings. The Morgan fingerprint density at radius 2 is 0.870 bits per heavy atom. The summed E-state index contributed by atoms with van der Waals surface area (Å²) in [7, 11) is 0. The van der Waals surface area contributed by atoms with Crippen molar-refractivity contribution in [2.24, 2.45) is 11.5 Å². The summed E-state index contributed by atoms with van der Waals surface area (Å²) in [5, 5.41) is 11.5. The van der Waals surface area contributed by atoms with Crippen LogP contribution in [0.25, 0.3) is 53.8 Å². The Morgan fingerprint density at radius 3 is 1.26 bits per heavy atom. The van der Waals surface area contributed by atoms with Crippen molar-refractivity contribution >= 4 is 97.8 Å². The maximum atomic E-state index is 12.5. The Balaban J connectivity index is 0.000000205. The molecule has 6 N–H and O–H groups in total. The SMILES string of the molecule is CC(=O)C(=O)CCC(=O)c1ccccc1.CCOC(=O)C(=O)Cl.CCOC(=O)c1ncc(-c2ccccc2)s1.Cc1cc(-c2ncc(CN)cc2C)ccn1.Cc1cc(-c2ncc(CNC(=O)c3ncc(-c4ccccc4)s3)cc2C)ccn1.NCC(=O)c1ccccc1.O=C(O)c1ncc(-c2ccccc2)s1. The van der Waals surface area contributed by atoms with Crippen LogP contribution in [0.5, 0.6) is 0 Å². The molecule has 5 aromatic carbocycles. The van der Waals surface area contributed by atoms with Crippen molar-refractivity contribution in [3.8, 4) is 53.8 Å². The molecular formula is C82H79ClN10O12S3. The lowest BCUT2D eigenvalue weighted by atomic mass is 10.0. The first-order valence-electron chi connectivity index (χ1n) is 33.5. The van der Waals surface area contributed by atoms with Crippen LogP contribution >= 0.6 is 45.6 Å². The number of carboxylic acids is 1. The molecule has 0 bridgehead atoms. The van der Waals surface area contributed by atoms with E-state index in [4.69, 9.17) is 32.9 Å². The number of hydrogen-bond donors (Lipinski definition) is 4. The van der Waals surface area contributed by atoms with E-state index in [0.717, 1.165) is 87.5 Å². The first kappa shape index (κ1) is 85.0. The van der Waals surface area contributed by atoms with Crippen LogP contribution in [-0.4, -0.2) is 112 Å². The predicted octanol–water partition coefficient (Wildman–Crippen LogP) is 15.5. The molecule has 22 nitrogen and oxygen atoms in total. The van der Waals surface area contributed by atoms with Gasteiger partial charge in [0.05, 0.1) is 45.8 Å². The Kier molecular flexibility index (Phi) is 35.7. The summed E-state index contributed by atoms with van der Waals surface area (Å²) in [6.45, 7) is 14.2. The standard InChI is InChI=1S/C23H20N4OS.C13H15N3.C12H11NO2S.C12H12O3.C10H7NO2S.C8H9NO.C4H5ClO3/c1-15-10-17(12-25-21(15)19-8-9-24-16(2)11-19)13-26-22(28)23-27-14-20(29-23)18-6-4-3-5-7-18;1-9-5-11(7-14)8-16-13(9)12-3-4-15-10(2)6-12;1-2-15-12(14)11-13-8-10(16-11)9-6-4-3-5-7-9;1-9(13)11(14)7-8-12(15)10-5-3-2-4-6-10;12-10(13)9-11-6-8(14-9)7-4-2-1-3-5-7;9-6-8(10)7-4-2-1-3-5-7;1-2-8-4(7)3(5)6/h3-12,14H,13H2,1-2H3,(H,26,28);3-6,8H,7,14H2,1-2H3;3-8H,2H2,1H3;2-6H,7-8H2,1H3;1-6H,(H,12,13);1-5H,6,9H2;2H2,1H3. The molecule has 0 aliphatic heterocycles. The van der Waals surface area contributed by atoms with Crippen LogP contribution < -0.4 is 16.8 Å². The number of aryl methyl sites for hydroxylation is 4. The van der Waals surface area contributed by atoms with E-state index >= 15 is 0 Å². The highest BCUT2D eigenvalue weighted by Crippen LogP contribution is 2.29. The number of aromatic carboxylic acids is 1. The molecule has 0 spiro atoms. The van der Waals surface area contributed by atoms with Crippen LogP contribution in [0, 0.1) is 27.7 Å². The zero-order valence-corrected chi connectivity index (χ0v) is 63.4. The second-order valence-corrected chi connectivity index (χ2v) is 26.2. The van der Waals surface area contributed by atoms with E-state index < -0.39 is 28.7 Å². The number of benzene rings is 5.